The Morgan fingerprint density at radius 1 is 1.46 bits per heavy atom. The van der Waals surface area contributed by atoms with Crippen molar-refractivity contribution in [3.05, 3.63) is 35.1 Å². The number of hydrogen-bond donors (Lipinski definition) is 1. The summed E-state index contributed by atoms with van der Waals surface area (Å²) >= 11 is 0. The number of aliphatic hydroxyl groups is 1. The summed E-state index contributed by atoms with van der Waals surface area (Å²) in [4.78, 5) is 0. The second kappa shape index (κ2) is 4.38. The van der Waals surface area contributed by atoms with Crippen LogP contribution in [0.1, 0.15) is 24.5 Å². The lowest BCUT2D eigenvalue weighted by molar-refractivity contribution is 0.185. The molecule has 1 atom stereocenters. The fraction of sp³-hybridized carbons (Fsp3) is 0.455. The number of rotatable bonds is 3. The Morgan fingerprint density at radius 2 is 2.15 bits per heavy atom. The van der Waals surface area contributed by atoms with Crippen molar-refractivity contribution in [2.24, 2.45) is 0 Å². The van der Waals surface area contributed by atoms with Crippen LogP contribution < -0.4 is 0 Å². The highest BCUT2D eigenvalue weighted by atomic mass is 19.1. The van der Waals surface area contributed by atoms with E-state index in [1.807, 2.05) is 6.07 Å². The van der Waals surface area contributed by atoms with Gasteiger partial charge in [0.25, 0.3) is 0 Å². The summed E-state index contributed by atoms with van der Waals surface area (Å²) in [7, 11) is 0. The maximum Gasteiger partial charge on any atom is 0.126 e. The van der Waals surface area contributed by atoms with Crippen LogP contribution in [0.3, 0.4) is 0 Å². The van der Waals surface area contributed by atoms with E-state index in [1.165, 1.54) is 6.07 Å². The van der Waals surface area contributed by atoms with E-state index in [4.69, 9.17) is 5.11 Å². The summed E-state index contributed by atoms with van der Waals surface area (Å²) in [5.74, 6) is -0.164. The Hall–Kier alpha value is -0.890. The predicted molar refractivity (Wildman–Crippen MR) is 51.1 cm³/mol. The maximum absolute atomic E-state index is 13.0. The highest BCUT2D eigenvalue weighted by molar-refractivity contribution is 5.23. The highest BCUT2D eigenvalue weighted by Crippen LogP contribution is 2.11. The van der Waals surface area contributed by atoms with Gasteiger partial charge in [-0.3, -0.25) is 0 Å². The van der Waals surface area contributed by atoms with Gasteiger partial charge in [0.1, 0.15) is 5.82 Å². The third-order valence-electron chi connectivity index (χ3n) is 2.09. The van der Waals surface area contributed by atoms with Crippen molar-refractivity contribution in [2.75, 3.05) is 0 Å². The van der Waals surface area contributed by atoms with Gasteiger partial charge in [0.2, 0.25) is 0 Å². The molecular formula is C11H15FO. The average Bonchev–Trinajstić information content (AvgIpc) is 2.07. The molecule has 0 aliphatic heterocycles. The van der Waals surface area contributed by atoms with E-state index >= 15 is 0 Å². The molecule has 0 saturated carbocycles. The first-order chi connectivity index (χ1) is 6.09. The Labute approximate surface area is 78.2 Å². The maximum atomic E-state index is 13.0. The van der Waals surface area contributed by atoms with Crippen molar-refractivity contribution in [3.8, 4) is 0 Å². The molecule has 1 rings (SSSR count). The zero-order valence-electron chi connectivity index (χ0n) is 8.05. The molecule has 0 aromatic heterocycles. The Morgan fingerprint density at radius 3 is 2.69 bits per heavy atom. The first-order valence-corrected chi connectivity index (χ1v) is 4.52. The summed E-state index contributed by atoms with van der Waals surface area (Å²) < 4.78 is 13.0. The fourth-order valence-corrected chi connectivity index (χ4v) is 1.17. The fourth-order valence-electron chi connectivity index (χ4n) is 1.17. The molecule has 0 amide bonds. The van der Waals surface area contributed by atoms with Crippen LogP contribution in [-0.2, 0) is 6.42 Å². The number of halogens is 1. The predicted octanol–water partition coefficient (Wildman–Crippen LogP) is 2.45. The van der Waals surface area contributed by atoms with Crippen molar-refractivity contribution in [1.29, 1.82) is 0 Å². The molecule has 0 aliphatic carbocycles. The minimum atomic E-state index is -0.315. The van der Waals surface area contributed by atoms with E-state index in [0.717, 1.165) is 12.0 Å². The van der Waals surface area contributed by atoms with Crippen molar-refractivity contribution < 1.29 is 9.50 Å². The van der Waals surface area contributed by atoms with Gasteiger partial charge in [-0.2, -0.15) is 0 Å². The van der Waals surface area contributed by atoms with Crippen molar-refractivity contribution in [2.45, 2.75) is 32.8 Å². The lowest BCUT2D eigenvalue weighted by atomic mass is 10.1. The van der Waals surface area contributed by atoms with E-state index in [1.54, 1.807) is 19.9 Å². The number of benzene rings is 1. The molecule has 0 bridgehead atoms. The van der Waals surface area contributed by atoms with Crippen LogP contribution >= 0.6 is 0 Å². The molecule has 0 spiro atoms. The second-order valence-corrected chi connectivity index (χ2v) is 3.47. The van der Waals surface area contributed by atoms with Crippen LogP contribution in [0.4, 0.5) is 4.39 Å². The van der Waals surface area contributed by atoms with Gasteiger partial charge in [0.15, 0.2) is 0 Å². The lowest BCUT2D eigenvalue weighted by Crippen LogP contribution is -2.01. The van der Waals surface area contributed by atoms with Crippen molar-refractivity contribution in [3.63, 3.8) is 0 Å². The van der Waals surface area contributed by atoms with Gasteiger partial charge in [-0.15, -0.1) is 0 Å². The van der Waals surface area contributed by atoms with Crippen LogP contribution in [0.25, 0.3) is 0 Å². The molecule has 1 N–H and O–H groups in total. The van der Waals surface area contributed by atoms with Crippen LogP contribution in [0.5, 0.6) is 0 Å². The monoisotopic (exact) mass is 182 g/mol. The van der Waals surface area contributed by atoms with Crippen molar-refractivity contribution in [1.82, 2.24) is 0 Å². The minimum Gasteiger partial charge on any atom is -0.393 e. The first-order valence-electron chi connectivity index (χ1n) is 4.52. The van der Waals surface area contributed by atoms with E-state index < -0.39 is 0 Å². The SMILES string of the molecule is Cc1ccc(CCC(C)O)cc1F. The van der Waals surface area contributed by atoms with Crippen LogP contribution in [0.2, 0.25) is 0 Å². The van der Waals surface area contributed by atoms with Gasteiger partial charge in [-0.05, 0) is 43.9 Å². The molecule has 13 heavy (non-hydrogen) atoms. The van der Waals surface area contributed by atoms with Crippen LogP contribution in [0.15, 0.2) is 18.2 Å². The third kappa shape index (κ3) is 3.15. The lowest BCUT2D eigenvalue weighted by Gasteiger charge is -2.05. The summed E-state index contributed by atoms with van der Waals surface area (Å²) in [6, 6.07) is 5.21. The number of aryl methyl sites for hydroxylation is 2. The molecular weight excluding hydrogens is 167 g/mol. The zero-order chi connectivity index (χ0) is 9.84. The van der Waals surface area contributed by atoms with Crippen LogP contribution in [-0.4, -0.2) is 11.2 Å². The topological polar surface area (TPSA) is 20.2 Å². The largest absolute Gasteiger partial charge is 0.393 e. The molecule has 2 heteroatoms. The smallest absolute Gasteiger partial charge is 0.126 e. The van der Waals surface area contributed by atoms with Gasteiger partial charge in [-0.25, -0.2) is 4.39 Å². The molecule has 0 fully saturated rings. The summed E-state index contributed by atoms with van der Waals surface area (Å²) in [6.45, 7) is 3.48. The normalized spacial score (nSPS) is 12.9. The number of hydrogen-bond acceptors (Lipinski definition) is 1. The molecule has 0 aliphatic rings. The van der Waals surface area contributed by atoms with E-state index in [2.05, 4.69) is 0 Å². The summed E-state index contributed by atoms with van der Waals surface area (Å²) in [5, 5.41) is 9.04. The van der Waals surface area contributed by atoms with E-state index in [9.17, 15) is 4.39 Å². The van der Waals surface area contributed by atoms with E-state index in [0.29, 0.717) is 12.0 Å². The Bertz CT molecular complexity index is 281. The van der Waals surface area contributed by atoms with Gasteiger partial charge < -0.3 is 5.11 Å². The zero-order valence-corrected chi connectivity index (χ0v) is 8.05. The van der Waals surface area contributed by atoms with Crippen molar-refractivity contribution >= 4 is 0 Å². The standard InChI is InChI=1S/C11H15FO/c1-8-3-5-10(7-11(8)12)6-4-9(2)13/h3,5,7,9,13H,4,6H2,1-2H3. The van der Waals surface area contributed by atoms with Gasteiger partial charge in [-0.1, -0.05) is 12.1 Å². The molecule has 0 saturated heterocycles. The highest BCUT2D eigenvalue weighted by Gasteiger charge is 2.01. The Balaban J connectivity index is 2.63. The molecule has 0 heterocycles. The van der Waals surface area contributed by atoms with Gasteiger partial charge in [0.05, 0.1) is 6.10 Å². The van der Waals surface area contributed by atoms with E-state index in [-0.39, 0.29) is 11.9 Å². The molecule has 1 unspecified atom stereocenters. The molecule has 0 radical (unpaired) electrons. The van der Waals surface area contributed by atoms with Gasteiger partial charge >= 0.3 is 0 Å². The molecule has 72 valence electrons. The Kier molecular flexibility index (Phi) is 3.43. The first kappa shape index (κ1) is 10.2. The van der Waals surface area contributed by atoms with Crippen LogP contribution in [0, 0.1) is 12.7 Å². The minimum absolute atomic E-state index is 0.164. The molecule has 1 aromatic carbocycles. The van der Waals surface area contributed by atoms with Gasteiger partial charge in [0, 0.05) is 0 Å². The summed E-state index contributed by atoms with van der Waals surface area (Å²) in [6.07, 6.45) is 1.10. The second-order valence-electron chi connectivity index (χ2n) is 3.47. The quantitative estimate of drug-likeness (QED) is 0.761. The third-order valence-corrected chi connectivity index (χ3v) is 2.09. The molecule has 1 nitrogen and oxygen atoms in total. The number of aliphatic hydroxyl groups excluding tert-OH is 1. The molecule has 1 aromatic rings. The summed E-state index contributed by atoms with van der Waals surface area (Å²) in [5.41, 5.74) is 1.62. The average molecular weight is 182 g/mol.